The maximum Gasteiger partial charge on any atom is 0.0358 e. The minimum atomic E-state index is 0.453. The van der Waals surface area contributed by atoms with Gasteiger partial charge in [-0.2, -0.15) is 0 Å². The molecule has 4 atom stereocenters. The fourth-order valence-corrected chi connectivity index (χ4v) is 2.29. The molecule has 0 bridgehead atoms. The number of rotatable bonds is 0. The Morgan fingerprint density at radius 3 is 3.23 bits per heavy atom. The molecule has 0 amide bonds. The topological polar surface area (TPSA) is 24.4 Å². The average molecular weight is 171 g/mol. The molecule has 2 heteroatoms. The number of nitrogens with one attached hydrogen (secondary N) is 1. The van der Waals surface area contributed by atoms with Crippen molar-refractivity contribution in [1.29, 1.82) is 0 Å². The number of aliphatic imine (C=N–C) groups is 1. The van der Waals surface area contributed by atoms with Crippen LogP contribution >= 0.6 is 0 Å². The number of allylic oxidation sites excluding steroid dienone is 2. The van der Waals surface area contributed by atoms with E-state index < -0.39 is 0 Å². The largest absolute Gasteiger partial charge is 0.303 e. The van der Waals surface area contributed by atoms with Crippen molar-refractivity contribution >= 4 is 6.21 Å². The van der Waals surface area contributed by atoms with Gasteiger partial charge in [0.15, 0.2) is 0 Å². The molecule has 4 unspecified atom stereocenters. The quantitative estimate of drug-likeness (QED) is 0.579. The Morgan fingerprint density at radius 1 is 1.23 bits per heavy atom. The first-order chi connectivity index (χ1) is 6.45. The van der Waals surface area contributed by atoms with Gasteiger partial charge >= 0.3 is 0 Å². The Balaban J connectivity index is 1.95. The Morgan fingerprint density at radius 2 is 2.23 bits per heavy atom. The molecule has 1 radical (unpaired) electrons. The van der Waals surface area contributed by atoms with Crippen LogP contribution in [0.5, 0.6) is 0 Å². The van der Waals surface area contributed by atoms with Crippen LogP contribution in [0.15, 0.2) is 35.5 Å². The minimum Gasteiger partial charge on any atom is -0.303 e. The number of nitrogens with zero attached hydrogens (tertiary/aromatic N) is 1. The molecule has 1 N–H and O–H groups in total. The first-order valence-corrected chi connectivity index (χ1v) is 4.67. The van der Waals surface area contributed by atoms with Gasteiger partial charge in [0.2, 0.25) is 0 Å². The summed E-state index contributed by atoms with van der Waals surface area (Å²) in [5.74, 6) is 0.972. The van der Waals surface area contributed by atoms with Gasteiger partial charge in [0.1, 0.15) is 0 Å². The SMILES string of the molecule is [C]1=CC=CC2NC3C=CN=CC3C12. The molecule has 2 aliphatic heterocycles. The van der Waals surface area contributed by atoms with Gasteiger partial charge in [0.25, 0.3) is 0 Å². The van der Waals surface area contributed by atoms with Crippen molar-refractivity contribution in [2.45, 2.75) is 12.1 Å². The van der Waals surface area contributed by atoms with Crippen molar-refractivity contribution in [3.05, 3.63) is 36.6 Å². The first-order valence-electron chi connectivity index (χ1n) is 4.67. The normalized spacial score (nSPS) is 44.9. The van der Waals surface area contributed by atoms with E-state index in [9.17, 15) is 0 Å². The zero-order chi connectivity index (χ0) is 8.67. The van der Waals surface area contributed by atoms with Gasteiger partial charge in [0.05, 0.1) is 0 Å². The summed E-state index contributed by atoms with van der Waals surface area (Å²) in [5, 5.41) is 3.55. The van der Waals surface area contributed by atoms with Crippen LogP contribution in [0.1, 0.15) is 0 Å². The number of fused-ring (bicyclic) bond motifs is 3. The van der Waals surface area contributed by atoms with Crippen molar-refractivity contribution in [2.24, 2.45) is 16.8 Å². The summed E-state index contributed by atoms with van der Waals surface area (Å²) in [6, 6.07) is 0.908. The van der Waals surface area contributed by atoms with Gasteiger partial charge in [-0.3, -0.25) is 4.99 Å². The second-order valence-corrected chi connectivity index (χ2v) is 3.68. The summed E-state index contributed by atoms with van der Waals surface area (Å²) in [6.07, 6.45) is 15.7. The molecule has 0 saturated carbocycles. The second kappa shape index (κ2) is 2.67. The molecular formula is C11H11N2. The van der Waals surface area contributed by atoms with Crippen molar-refractivity contribution in [3.63, 3.8) is 0 Å². The number of hydrogen-bond acceptors (Lipinski definition) is 2. The van der Waals surface area contributed by atoms with Crippen LogP contribution in [0.3, 0.4) is 0 Å². The Kier molecular flexibility index (Phi) is 1.49. The first kappa shape index (κ1) is 7.27. The highest BCUT2D eigenvalue weighted by Gasteiger charge is 2.39. The highest BCUT2D eigenvalue weighted by atomic mass is 15.0. The van der Waals surface area contributed by atoms with E-state index in [1.165, 1.54) is 0 Å². The molecule has 65 valence electrons. The standard InChI is InChI=1S/C11H11N2/c1-2-4-10-8(3-1)9-7-12-6-5-11(9)13-10/h1-2,4-11,13H. The van der Waals surface area contributed by atoms with Crippen LogP contribution < -0.4 is 5.32 Å². The molecule has 2 heterocycles. The molecular weight excluding hydrogens is 160 g/mol. The third-order valence-corrected chi connectivity index (χ3v) is 2.94. The lowest BCUT2D eigenvalue weighted by atomic mass is 9.85. The van der Waals surface area contributed by atoms with E-state index >= 15 is 0 Å². The molecule has 1 aliphatic carbocycles. The van der Waals surface area contributed by atoms with E-state index in [1.807, 2.05) is 18.5 Å². The lowest BCUT2D eigenvalue weighted by Crippen LogP contribution is -2.30. The van der Waals surface area contributed by atoms with E-state index in [4.69, 9.17) is 0 Å². The zero-order valence-electron chi connectivity index (χ0n) is 7.22. The average Bonchev–Trinajstić information content (AvgIpc) is 2.56. The predicted octanol–water partition coefficient (Wildman–Crippen LogP) is 1.09. The number of hydrogen-bond donors (Lipinski definition) is 1. The molecule has 3 rings (SSSR count). The third kappa shape index (κ3) is 1.02. The summed E-state index contributed by atoms with van der Waals surface area (Å²) in [5.41, 5.74) is 0. The molecule has 2 nitrogen and oxygen atoms in total. The van der Waals surface area contributed by atoms with Gasteiger partial charge in [-0.25, -0.2) is 0 Å². The van der Waals surface area contributed by atoms with E-state index in [1.54, 1.807) is 0 Å². The van der Waals surface area contributed by atoms with Gasteiger partial charge in [0, 0.05) is 36.3 Å². The van der Waals surface area contributed by atoms with Gasteiger partial charge in [-0.05, 0) is 12.2 Å². The third-order valence-electron chi connectivity index (χ3n) is 2.94. The zero-order valence-corrected chi connectivity index (χ0v) is 7.22. The van der Waals surface area contributed by atoms with Crippen LogP contribution in [-0.2, 0) is 0 Å². The van der Waals surface area contributed by atoms with E-state index in [-0.39, 0.29) is 0 Å². The molecule has 0 spiro atoms. The van der Waals surface area contributed by atoms with Crippen LogP contribution in [-0.4, -0.2) is 18.3 Å². The highest BCUT2D eigenvalue weighted by molar-refractivity contribution is 5.66. The molecule has 1 fully saturated rings. The van der Waals surface area contributed by atoms with Gasteiger partial charge in [-0.1, -0.05) is 18.2 Å². The van der Waals surface area contributed by atoms with Crippen molar-refractivity contribution in [1.82, 2.24) is 5.32 Å². The monoisotopic (exact) mass is 171 g/mol. The minimum absolute atomic E-state index is 0.453. The second-order valence-electron chi connectivity index (χ2n) is 3.68. The maximum absolute atomic E-state index is 4.19. The summed E-state index contributed by atoms with van der Waals surface area (Å²) in [7, 11) is 0. The maximum atomic E-state index is 4.19. The Hall–Kier alpha value is -1.15. The fourth-order valence-electron chi connectivity index (χ4n) is 2.29. The van der Waals surface area contributed by atoms with Gasteiger partial charge in [-0.15, -0.1) is 0 Å². The lowest BCUT2D eigenvalue weighted by molar-refractivity contribution is 0.548. The van der Waals surface area contributed by atoms with Crippen LogP contribution in [0.4, 0.5) is 0 Å². The highest BCUT2D eigenvalue weighted by Crippen LogP contribution is 2.31. The summed E-state index contributed by atoms with van der Waals surface area (Å²) in [4.78, 5) is 4.19. The van der Waals surface area contributed by atoms with Crippen LogP contribution in [0, 0.1) is 17.9 Å². The molecule has 0 aromatic carbocycles. The van der Waals surface area contributed by atoms with Crippen LogP contribution in [0.2, 0.25) is 0 Å². The predicted molar refractivity (Wildman–Crippen MR) is 52.3 cm³/mol. The molecule has 3 aliphatic rings. The summed E-state index contributed by atoms with van der Waals surface area (Å²) < 4.78 is 0. The lowest BCUT2D eigenvalue weighted by Gasteiger charge is -2.18. The smallest absolute Gasteiger partial charge is 0.0358 e. The molecule has 0 aromatic rings. The van der Waals surface area contributed by atoms with E-state index in [2.05, 4.69) is 34.6 Å². The van der Waals surface area contributed by atoms with Crippen LogP contribution in [0.25, 0.3) is 0 Å². The Bertz CT molecular complexity index is 293. The summed E-state index contributed by atoms with van der Waals surface area (Å²) >= 11 is 0. The van der Waals surface area contributed by atoms with E-state index in [0.29, 0.717) is 23.9 Å². The molecule has 1 saturated heterocycles. The van der Waals surface area contributed by atoms with E-state index in [0.717, 1.165) is 0 Å². The summed E-state index contributed by atoms with van der Waals surface area (Å²) in [6.45, 7) is 0. The molecule has 13 heavy (non-hydrogen) atoms. The fraction of sp³-hybridized carbons (Fsp3) is 0.364. The van der Waals surface area contributed by atoms with Crippen molar-refractivity contribution in [2.75, 3.05) is 0 Å². The Labute approximate surface area is 77.7 Å². The van der Waals surface area contributed by atoms with Crippen molar-refractivity contribution < 1.29 is 0 Å². The molecule has 0 aromatic heterocycles. The van der Waals surface area contributed by atoms with Gasteiger partial charge < -0.3 is 5.32 Å². The van der Waals surface area contributed by atoms with Crippen molar-refractivity contribution in [3.8, 4) is 0 Å².